The zero-order chi connectivity index (χ0) is 22.7. The van der Waals surface area contributed by atoms with E-state index in [1.807, 2.05) is 0 Å². The molecule has 0 aliphatic heterocycles. The fourth-order valence-corrected chi connectivity index (χ4v) is 3.65. The van der Waals surface area contributed by atoms with Crippen molar-refractivity contribution in [3.8, 4) is 0 Å². The van der Waals surface area contributed by atoms with E-state index in [0.29, 0.717) is 0 Å². The highest BCUT2D eigenvalue weighted by molar-refractivity contribution is 4.61. The van der Waals surface area contributed by atoms with E-state index in [0.717, 1.165) is 78.2 Å². The molecule has 0 aromatic heterocycles. The largest absolute Gasteiger partial charge is 0.330 e. The van der Waals surface area contributed by atoms with Crippen LogP contribution in [0.25, 0.3) is 0 Å². The lowest BCUT2D eigenvalue weighted by atomic mass is 10.2. The van der Waals surface area contributed by atoms with Crippen LogP contribution in [0.3, 0.4) is 0 Å². The van der Waals surface area contributed by atoms with E-state index < -0.39 is 0 Å². The van der Waals surface area contributed by atoms with Gasteiger partial charge in [0.25, 0.3) is 0 Å². The molecule has 0 amide bonds. The highest BCUT2D eigenvalue weighted by atomic mass is 15.1. The summed E-state index contributed by atoms with van der Waals surface area (Å²) >= 11 is 0. The lowest BCUT2D eigenvalue weighted by Gasteiger charge is -2.22. The number of hydrogen-bond donors (Lipinski definition) is 6. The van der Waals surface area contributed by atoms with Crippen molar-refractivity contribution in [2.24, 2.45) is 17.2 Å². The van der Waals surface area contributed by atoms with Crippen LogP contribution in [-0.4, -0.2) is 83.4 Å². The summed E-state index contributed by atoms with van der Waals surface area (Å²) in [6.07, 6.45) is 14.6. The summed E-state index contributed by atoms with van der Waals surface area (Å²) < 4.78 is 0. The van der Waals surface area contributed by atoms with Gasteiger partial charge in [0.05, 0.1) is 0 Å². The summed E-state index contributed by atoms with van der Waals surface area (Å²) in [5.41, 5.74) is 16.8. The maximum absolute atomic E-state index is 5.63. The molecule has 0 bridgehead atoms. The third-order valence-corrected chi connectivity index (χ3v) is 5.66. The first-order valence-corrected chi connectivity index (χ1v) is 13.3. The number of rotatable bonds is 27. The van der Waals surface area contributed by atoms with Gasteiger partial charge in [-0.1, -0.05) is 0 Å². The molecule has 0 spiro atoms. The minimum Gasteiger partial charge on any atom is -0.330 e. The fourth-order valence-electron chi connectivity index (χ4n) is 3.65. The number of nitrogens with two attached hydrogens (primary N) is 3. The molecule has 0 unspecified atom stereocenters. The molecule has 7 nitrogen and oxygen atoms in total. The average Bonchev–Trinajstić information content (AvgIpc) is 2.78. The van der Waals surface area contributed by atoms with Crippen LogP contribution in [0.2, 0.25) is 0 Å². The van der Waals surface area contributed by atoms with Crippen molar-refractivity contribution in [3.05, 3.63) is 0 Å². The predicted octanol–water partition coefficient (Wildman–Crippen LogP) is 1.61. The van der Waals surface area contributed by atoms with Crippen molar-refractivity contribution in [1.82, 2.24) is 20.9 Å². The molecule has 0 fully saturated rings. The summed E-state index contributed by atoms with van der Waals surface area (Å²) in [6.45, 7) is 12.8. The van der Waals surface area contributed by atoms with Crippen LogP contribution in [-0.2, 0) is 0 Å². The smallest absolute Gasteiger partial charge is 0.00183 e. The molecule has 0 aliphatic carbocycles. The topological polar surface area (TPSA) is 117 Å². The SMILES string of the molecule is NCCCCNCCCCNCCCCNCCCCN(CCCCN)CCCCN. The maximum atomic E-state index is 5.63. The third kappa shape index (κ3) is 25.9. The summed E-state index contributed by atoms with van der Waals surface area (Å²) in [5, 5.41) is 10.7. The van der Waals surface area contributed by atoms with E-state index in [9.17, 15) is 0 Å². The van der Waals surface area contributed by atoms with Gasteiger partial charge < -0.3 is 38.1 Å². The Morgan fingerprint density at radius 1 is 0.355 bits per heavy atom. The van der Waals surface area contributed by atoms with Gasteiger partial charge in [0.1, 0.15) is 0 Å². The lowest BCUT2D eigenvalue weighted by molar-refractivity contribution is 0.258. The first-order chi connectivity index (χ1) is 15.3. The van der Waals surface area contributed by atoms with Gasteiger partial charge in [0.2, 0.25) is 0 Å². The Balaban J connectivity index is 3.32. The molecular formula is C24H57N7. The van der Waals surface area contributed by atoms with Crippen LogP contribution in [0, 0.1) is 0 Å². The van der Waals surface area contributed by atoms with Gasteiger partial charge in [-0.15, -0.1) is 0 Å². The van der Waals surface area contributed by atoms with E-state index >= 15 is 0 Å². The van der Waals surface area contributed by atoms with Crippen LogP contribution in [0.1, 0.15) is 77.0 Å². The second-order valence-electron chi connectivity index (χ2n) is 8.70. The average molecular weight is 444 g/mol. The fraction of sp³-hybridized carbons (Fsp3) is 1.00. The Kier molecular flexibility index (Phi) is 27.5. The number of nitrogens with zero attached hydrogens (tertiary/aromatic N) is 1. The van der Waals surface area contributed by atoms with Crippen LogP contribution in [0.5, 0.6) is 0 Å². The van der Waals surface area contributed by atoms with E-state index in [-0.39, 0.29) is 0 Å². The van der Waals surface area contributed by atoms with Gasteiger partial charge in [-0.05, 0) is 156 Å². The van der Waals surface area contributed by atoms with Crippen molar-refractivity contribution in [3.63, 3.8) is 0 Å². The Morgan fingerprint density at radius 3 is 0.968 bits per heavy atom. The van der Waals surface area contributed by atoms with Gasteiger partial charge in [-0.3, -0.25) is 0 Å². The van der Waals surface area contributed by atoms with Crippen LogP contribution in [0.15, 0.2) is 0 Å². The van der Waals surface area contributed by atoms with Gasteiger partial charge in [0.15, 0.2) is 0 Å². The summed E-state index contributed by atoms with van der Waals surface area (Å²) in [7, 11) is 0. The van der Waals surface area contributed by atoms with Crippen molar-refractivity contribution >= 4 is 0 Å². The lowest BCUT2D eigenvalue weighted by Crippen LogP contribution is -2.29. The number of hydrogen-bond acceptors (Lipinski definition) is 7. The highest BCUT2D eigenvalue weighted by Gasteiger charge is 2.04. The Labute approximate surface area is 194 Å². The van der Waals surface area contributed by atoms with Crippen LogP contribution < -0.4 is 33.2 Å². The third-order valence-electron chi connectivity index (χ3n) is 5.66. The van der Waals surface area contributed by atoms with Crippen LogP contribution >= 0.6 is 0 Å². The highest BCUT2D eigenvalue weighted by Crippen LogP contribution is 2.02. The Hall–Kier alpha value is -0.280. The molecule has 7 heteroatoms. The molecule has 0 rings (SSSR count). The quantitative estimate of drug-likeness (QED) is 0.107. The first kappa shape index (κ1) is 30.7. The second-order valence-corrected chi connectivity index (χ2v) is 8.70. The summed E-state index contributed by atoms with van der Waals surface area (Å²) in [4.78, 5) is 2.61. The zero-order valence-electron chi connectivity index (χ0n) is 20.6. The van der Waals surface area contributed by atoms with Crippen molar-refractivity contribution in [2.45, 2.75) is 77.0 Å². The molecule has 0 aliphatic rings. The van der Waals surface area contributed by atoms with Crippen molar-refractivity contribution in [2.75, 3.05) is 78.5 Å². The predicted molar refractivity (Wildman–Crippen MR) is 138 cm³/mol. The minimum absolute atomic E-state index is 0.809. The molecule has 31 heavy (non-hydrogen) atoms. The van der Waals surface area contributed by atoms with Gasteiger partial charge in [0, 0.05) is 0 Å². The van der Waals surface area contributed by atoms with Crippen molar-refractivity contribution < 1.29 is 0 Å². The van der Waals surface area contributed by atoms with Gasteiger partial charge in [-0.2, -0.15) is 0 Å². The number of unbranched alkanes of at least 4 members (excludes halogenated alkanes) is 6. The van der Waals surface area contributed by atoms with Crippen LogP contribution in [0.4, 0.5) is 0 Å². The van der Waals surface area contributed by atoms with Crippen molar-refractivity contribution in [1.29, 1.82) is 0 Å². The zero-order valence-corrected chi connectivity index (χ0v) is 20.6. The minimum atomic E-state index is 0.809. The molecule has 0 aromatic rings. The van der Waals surface area contributed by atoms with E-state index in [1.54, 1.807) is 0 Å². The second kappa shape index (κ2) is 27.8. The molecule has 0 heterocycles. The standard InChI is InChI=1S/C24H57N7/c25-13-1-4-16-28-17-5-6-18-29-19-7-8-20-30-21-9-12-24-31(22-10-2-14-26)23-11-3-15-27/h28-30H,1-27H2. The summed E-state index contributed by atoms with van der Waals surface area (Å²) in [5.74, 6) is 0. The molecule has 0 atom stereocenters. The molecule has 9 N–H and O–H groups in total. The Morgan fingerprint density at radius 2 is 0.613 bits per heavy atom. The summed E-state index contributed by atoms with van der Waals surface area (Å²) in [6, 6.07) is 0. The molecule has 0 saturated carbocycles. The monoisotopic (exact) mass is 443 g/mol. The maximum Gasteiger partial charge on any atom is -0.00183 e. The molecular weight excluding hydrogens is 386 g/mol. The van der Waals surface area contributed by atoms with E-state index in [2.05, 4.69) is 20.9 Å². The first-order valence-electron chi connectivity index (χ1n) is 13.3. The molecule has 0 saturated heterocycles. The normalized spacial score (nSPS) is 11.6. The van der Waals surface area contributed by atoms with Gasteiger partial charge >= 0.3 is 0 Å². The molecule has 188 valence electrons. The Bertz CT molecular complexity index is 308. The number of nitrogens with one attached hydrogen (secondary N) is 3. The van der Waals surface area contributed by atoms with E-state index in [4.69, 9.17) is 17.2 Å². The van der Waals surface area contributed by atoms with Gasteiger partial charge in [-0.25, -0.2) is 0 Å². The molecule has 0 aromatic carbocycles. The molecule has 0 radical (unpaired) electrons. The van der Waals surface area contributed by atoms with E-state index in [1.165, 1.54) is 77.4 Å².